The molecule has 0 aliphatic carbocycles. The Morgan fingerprint density at radius 1 is 0.857 bits per heavy atom. The summed E-state index contributed by atoms with van der Waals surface area (Å²) in [5.41, 5.74) is 2.58. The van der Waals surface area contributed by atoms with Crippen molar-refractivity contribution in [1.29, 1.82) is 0 Å². The van der Waals surface area contributed by atoms with Crippen LogP contribution >= 0.6 is 11.8 Å². The van der Waals surface area contributed by atoms with Crippen LogP contribution in [0.5, 0.6) is 5.75 Å². The molecule has 1 unspecified atom stereocenters. The zero-order valence-electron chi connectivity index (χ0n) is 13.1. The fraction of sp³-hybridized carbons (Fsp3) is 0.333. The first-order valence-electron chi connectivity index (χ1n) is 7.18. The summed E-state index contributed by atoms with van der Waals surface area (Å²) >= 11 is 1.77. The Balaban J connectivity index is 2.01. The molecule has 2 rings (SSSR count). The molecule has 2 aromatic rings. The van der Waals surface area contributed by atoms with Gasteiger partial charge in [-0.1, -0.05) is 24.3 Å². The first-order valence-corrected chi connectivity index (χ1v) is 8.40. The van der Waals surface area contributed by atoms with Gasteiger partial charge in [0, 0.05) is 17.0 Å². The molecule has 0 bridgehead atoms. The lowest BCUT2D eigenvalue weighted by Crippen LogP contribution is -2.22. The predicted molar refractivity (Wildman–Crippen MR) is 91.2 cm³/mol. The molecular formula is C18H23NOS. The monoisotopic (exact) mass is 301 g/mol. The summed E-state index contributed by atoms with van der Waals surface area (Å²) in [6.07, 6.45) is 2.10. The zero-order chi connectivity index (χ0) is 15.2. The van der Waals surface area contributed by atoms with Crippen molar-refractivity contribution in [2.45, 2.75) is 30.8 Å². The summed E-state index contributed by atoms with van der Waals surface area (Å²) in [6, 6.07) is 17.6. The molecule has 0 aromatic heterocycles. The van der Waals surface area contributed by atoms with E-state index in [1.807, 2.05) is 12.1 Å². The Labute approximate surface area is 131 Å². The van der Waals surface area contributed by atoms with Crippen LogP contribution in [0.1, 0.15) is 37.1 Å². The number of hydrogen-bond donors (Lipinski definition) is 1. The van der Waals surface area contributed by atoms with E-state index in [1.165, 1.54) is 16.0 Å². The van der Waals surface area contributed by atoms with Crippen molar-refractivity contribution in [1.82, 2.24) is 5.32 Å². The fourth-order valence-corrected chi connectivity index (χ4v) is 2.76. The Morgan fingerprint density at radius 3 is 1.76 bits per heavy atom. The van der Waals surface area contributed by atoms with E-state index < -0.39 is 0 Å². The third kappa shape index (κ3) is 4.26. The van der Waals surface area contributed by atoms with Gasteiger partial charge in [0.2, 0.25) is 0 Å². The summed E-state index contributed by atoms with van der Waals surface area (Å²) in [7, 11) is 1.69. The third-order valence-electron chi connectivity index (χ3n) is 3.73. The highest BCUT2D eigenvalue weighted by atomic mass is 32.2. The molecular weight excluding hydrogens is 278 g/mol. The molecule has 21 heavy (non-hydrogen) atoms. The lowest BCUT2D eigenvalue weighted by atomic mass is 10.0. The van der Waals surface area contributed by atoms with Crippen molar-refractivity contribution in [3.63, 3.8) is 0 Å². The molecule has 0 spiro atoms. The van der Waals surface area contributed by atoms with Crippen LogP contribution in [0.3, 0.4) is 0 Å². The van der Waals surface area contributed by atoms with E-state index in [4.69, 9.17) is 4.74 Å². The maximum atomic E-state index is 5.20. The van der Waals surface area contributed by atoms with Gasteiger partial charge >= 0.3 is 0 Å². The number of thioether (sulfide) groups is 1. The Hall–Kier alpha value is -1.45. The van der Waals surface area contributed by atoms with Crippen LogP contribution in [-0.4, -0.2) is 13.4 Å². The largest absolute Gasteiger partial charge is 0.497 e. The molecule has 0 heterocycles. The van der Waals surface area contributed by atoms with Gasteiger partial charge in [0.1, 0.15) is 5.75 Å². The van der Waals surface area contributed by atoms with Gasteiger partial charge in [0.05, 0.1) is 7.11 Å². The number of ether oxygens (including phenoxy) is 1. The molecule has 2 aromatic carbocycles. The molecule has 1 N–H and O–H groups in total. The Bertz CT molecular complexity index is 499. The number of benzene rings is 2. The first kappa shape index (κ1) is 15.9. The molecule has 2 atom stereocenters. The van der Waals surface area contributed by atoms with Crippen LogP contribution in [0.2, 0.25) is 0 Å². The van der Waals surface area contributed by atoms with Crippen LogP contribution in [0.15, 0.2) is 53.4 Å². The van der Waals surface area contributed by atoms with Gasteiger partial charge in [-0.3, -0.25) is 0 Å². The standard InChI is InChI=1S/C18H23NOS/c1-13(15-5-9-17(20-3)10-6-15)19-14(2)16-7-11-18(21-4)12-8-16/h5-14,19H,1-4H3/t13-,14?/m0/s1. The summed E-state index contributed by atoms with van der Waals surface area (Å²) in [5, 5.41) is 3.64. The van der Waals surface area contributed by atoms with Crippen molar-refractivity contribution in [2.75, 3.05) is 13.4 Å². The second-order valence-corrected chi connectivity index (χ2v) is 6.04. The lowest BCUT2D eigenvalue weighted by Gasteiger charge is -2.21. The third-order valence-corrected chi connectivity index (χ3v) is 4.48. The number of nitrogens with one attached hydrogen (secondary N) is 1. The Kier molecular flexibility index (Phi) is 5.71. The predicted octanol–water partition coefficient (Wildman–Crippen LogP) is 4.83. The molecule has 0 saturated carbocycles. The van der Waals surface area contributed by atoms with Gasteiger partial charge < -0.3 is 10.1 Å². The zero-order valence-corrected chi connectivity index (χ0v) is 13.9. The quantitative estimate of drug-likeness (QED) is 0.772. The maximum Gasteiger partial charge on any atom is 0.118 e. The van der Waals surface area contributed by atoms with E-state index in [-0.39, 0.29) is 0 Å². The molecule has 0 aliphatic heterocycles. The molecule has 0 radical (unpaired) electrons. The van der Waals surface area contributed by atoms with E-state index in [2.05, 4.69) is 61.8 Å². The maximum absolute atomic E-state index is 5.20. The average Bonchev–Trinajstić information content (AvgIpc) is 2.55. The van der Waals surface area contributed by atoms with Gasteiger partial charge in [-0.25, -0.2) is 0 Å². The van der Waals surface area contributed by atoms with E-state index >= 15 is 0 Å². The summed E-state index contributed by atoms with van der Waals surface area (Å²) < 4.78 is 5.20. The van der Waals surface area contributed by atoms with E-state index in [1.54, 1.807) is 18.9 Å². The molecule has 2 nitrogen and oxygen atoms in total. The van der Waals surface area contributed by atoms with Crippen molar-refractivity contribution < 1.29 is 4.74 Å². The average molecular weight is 301 g/mol. The lowest BCUT2D eigenvalue weighted by molar-refractivity contribution is 0.414. The normalized spacial score (nSPS) is 13.7. The minimum atomic E-state index is 0.297. The minimum absolute atomic E-state index is 0.297. The second kappa shape index (κ2) is 7.53. The highest BCUT2D eigenvalue weighted by Crippen LogP contribution is 2.23. The van der Waals surface area contributed by atoms with Gasteiger partial charge in [0.15, 0.2) is 0 Å². The molecule has 0 saturated heterocycles. The molecule has 3 heteroatoms. The van der Waals surface area contributed by atoms with Gasteiger partial charge in [-0.15, -0.1) is 11.8 Å². The van der Waals surface area contributed by atoms with Crippen LogP contribution < -0.4 is 10.1 Å². The highest BCUT2D eigenvalue weighted by Gasteiger charge is 2.11. The molecule has 0 amide bonds. The number of rotatable bonds is 6. The number of methoxy groups -OCH3 is 1. The van der Waals surface area contributed by atoms with Gasteiger partial charge in [0.25, 0.3) is 0 Å². The van der Waals surface area contributed by atoms with Crippen molar-refractivity contribution >= 4 is 11.8 Å². The van der Waals surface area contributed by atoms with Crippen LogP contribution in [0.25, 0.3) is 0 Å². The SMILES string of the molecule is COc1ccc([C@H](C)NC(C)c2ccc(SC)cc2)cc1. The highest BCUT2D eigenvalue weighted by molar-refractivity contribution is 7.98. The number of hydrogen-bond acceptors (Lipinski definition) is 3. The van der Waals surface area contributed by atoms with Gasteiger partial charge in [-0.2, -0.15) is 0 Å². The minimum Gasteiger partial charge on any atom is -0.497 e. The van der Waals surface area contributed by atoms with Crippen molar-refractivity contribution in [2.24, 2.45) is 0 Å². The molecule has 0 aliphatic rings. The smallest absolute Gasteiger partial charge is 0.118 e. The first-order chi connectivity index (χ1) is 10.1. The van der Waals surface area contributed by atoms with Crippen LogP contribution in [0, 0.1) is 0 Å². The van der Waals surface area contributed by atoms with Crippen LogP contribution in [-0.2, 0) is 0 Å². The van der Waals surface area contributed by atoms with E-state index in [0.29, 0.717) is 12.1 Å². The van der Waals surface area contributed by atoms with E-state index in [9.17, 15) is 0 Å². The molecule has 0 fully saturated rings. The summed E-state index contributed by atoms with van der Waals surface area (Å²) in [4.78, 5) is 1.30. The van der Waals surface area contributed by atoms with Crippen LogP contribution in [0.4, 0.5) is 0 Å². The Morgan fingerprint density at radius 2 is 1.33 bits per heavy atom. The summed E-state index contributed by atoms with van der Waals surface area (Å²) in [5.74, 6) is 0.895. The fourth-order valence-electron chi connectivity index (χ4n) is 2.35. The van der Waals surface area contributed by atoms with Gasteiger partial charge in [-0.05, 0) is 55.5 Å². The topological polar surface area (TPSA) is 21.3 Å². The molecule has 112 valence electrons. The van der Waals surface area contributed by atoms with Crippen molar-refractivity contribution in [3.05, 3.63) is 59.7 Å². The van der Waals surface area contributed by atoms with E-state index in [0.717, 1.165) is 5.75 Å². The van der Waals surface area contributed by atoms with Crippen molar-refractivity contribution in [3.8, 4) is 5.75 Å². The summed E-state index contributed by atoms with van der Waals surface area (Å²) in [6.45, 7) is 4.39. The second-order valence-electron chi connectivity index (χ2n) is 5.16.